The van der Waals surface area contributed by atoms with Crippen LogP contribution in [0.15, 0.2) is 0 Å². The van der Waals surface area contributed by atoms with Crippen molar-refractivity contribution in [2.24, 2.45) is 11.5 Å². The summed E-state index contributed by atoms with van der Waals surface area (Å²) in [7, 11) is 0. The lowest BCUT2D eigenvalue weighted by atomic mass is 10.0. The number of carbonyl (C=O) groups is 4. The third-order valence-electron chi connectivity index (χ3n) is 2.94. The second-order valence-corrected chi connectivity index (χ2v) is 4.86. The van der Waals surface area contributed by atoms with Gasteiger partial charge in [0.15, 0.2) is 24.4 Å². The van der Waals surface area contributed by atoms with E-state index in [0.717, 1.165) is 13.8 Å². The topological polar surface area (TPSA) is 220 Å². The van der Waals surface area contributed by atoms with E-state index in [1.807, 2.05) is 0 Å². The number of carboxylic acids is 2. The molecule has 0 aromatic rings. The maximum Gasteiger partial charge on any atom is 0.332 e. The lowest BCUT2D eigenvalue weighted by molar-refractivity contribution is -0.195. The van der Waals surface area contributed by atoms with Crippen molar-refractivity contribution in [2.75, 3.05) is 0 Å². The molecule has 0 aliphatic heterocycles. The van der Waals surface area contributed by atoms with E-state index >= 15 is 0 Å². The number of nitrogens with two attached hydrogens (primary N) is 2. The summed E-state index contributed by atoms with van der Waals surface area (Å²) < 4.78 is 9.76. The minimum Gasteiger partial charge on any atom is -0.479 e. The van der Waals surface area contributed by atoms with E-state index in [0.29, 0.717) is 0 Å². The van der Waals surface area contributed by atoms with Crippen molar-refractivity contribution in [3.8, 4) is 0 Å². The van der Waals surface area contributed by atoms with Gasteiger partial charge in [-0.25, -0.2) is 9.59 Å². The van der Waals surface area contributed by atoms with Crippen LogP contribution in [0.1, 0.15) is 13.8 Å². The average molecular weight is 352 g/mol. The number of hydrogen-bond donors (Lipinski definition) is 6. The van der Waals surface area contributed by atoms with Crippen LogP contribution in [-0.4, -0.2) is 80.8 Å². The van der Waals surface area contributed by atoms with Gasteiger partial charge in [0, 0.05) is 0 Å². The lowest BCUT2D eigenvalue weighted by Crippen LogP contribution is -2.57. The number of primary amides is 2. The number of amides is 2. The quantitative estimate of drug-likeness (QED) is 0.214. The molecule has 24 heavy (non-hydrogen) atoms. The molecule has 8 N–H and O–H groups in total. The van der Waals surface area contributed by atoms with Gasteiger partial charge in [-0.2, -0.15) is 0 Å². The Balaban J connectivity index is 5.65. The predicted octanol–water partition coefficient (Wildman–Crippen LogP) is -3.60. The Morgan fingerprint density at radius 1 is 0.833 bits per heavy atom. The van der Waals surface area contributed by atoms with Crippen LogP contribution in [0.3, 0.4) is 0 Å². The summed E-state index contributed by atoms with van der Waals surface area (Å²) >= 11 is 0. The number of aliphatic hydroxyl groups is 2. The molecule has 6 atom stereocenters. The molecule has 0 heterocycles. The number of carbonyl (C=O) groups excluding carboxylic acids is 2. The fourth-order valence-corrected chi connectivity index (χ4v) is 1.56. The van der Waals surface area contributed by atoms with E-state index in [4.69, 9.17) is 31.2 Å². The van der Waals surface area contributed by atoms with Crippen molar-refractivity contribution in [1.29, 1.82) is 0 Å². The first-order valence-corrected chi connectivity index (χ1v) is 6.61. The van der Waals surface area contributed by atoms with Gasteiger partial charge in [0.05, 0.1) is 0 Å². The van der Waals surface area contributed by atoms with E-state index in [1.165, 1.54) is 0 Å². The standard InChI is InChI=1S/C12H20N2O10/c1-3(11(19)20)23-7(5(15)6(16)9(13)17)8(10(14)18)24-4(2)12(21)22/h3-8,15-16H,1-2H3,(H2,13,17)(H2,14,18)(H,19,20)(H,21,22)/t3-,4-,5+,6-,7-,8+/m0/s1. The van der Waals surface area contributed by atoms with Gasteiger partial charge in [0.25, 0.3) is 0 Å². The van der Waals surface area contributed by atoms with Gasteiger partial charge in [0.2, 0.25) is 11.8 Å². The SMILES string of the molecule is C[C@H](O[C@@H]([C@H](O)[C@H](O)C(N)=O)[C@@H](O[C@@H](C)C(=O)O)C(N)=O)C(=O)O. The van der Waals surface area contributed by atoms with Gasteiger partial charge >= 0.3 is 11.9 Å². The summed E-state index contributed by atoms with van der Waals surface area (Å²) in [5.74, 6) is -5.71. The van der Waals surface area contributed by atoms with Crippen molar-refractivity contribution in [2.45, 2.75) is 50.5 Å². The van der Waals surface area contributed by atoms with E-state index in [-0.39, 0.29) is 0 Å². The molecule has 0 rings (SSSR count). The molecule has 0 aliphatic carbocycles. The van der Waals surface area contributed by atoms with Gasteiger partial charge in [0.1, 0.15) is 12.2 Å². The van der Waals surface area contributed by atoms with Crippen LogP contribution in [0.4, 0.5) is 0 Å². The fourth-order valence-electron chi connectivity index (χ4n) is 1.56. The Morgan fingerprint density at radius 3 is 1.58 bits per heavy atom. The maximum absolute atomic E-state index is 11.5. The smallest absolute Gasteiger partial charge is 0.332 e. The minimum atomic E-state index is -2.25. The van der Waals surface area contributed by atoms with Gasteiger partial charge in [-0.15, -0.1) is 0 Å². The summed E-state index contributed by atoms with van der Waals surface area (Å²) in [6.07, 6.45) is -11.6. The Labute approximate surface area is 135 Å². The Morgan fingerprint density at radius 2 is 1.25 bits per heavy atom. The second-order valence-electron chi connectivity index (χ2n) is 4.86. The average Bonchev–Trinajstić information content (AvgIpc) is 2.47. The summed E-state index contributed by atoms with van der Waals surface area (Å²) in [4.78, 5) is 44.2. The Bertz CT molecular complexity index is 496. The zero-order valence-electron chi connectivity index (χ0n) is 12.9. The van der Waals surface area contributed by atoms with Crippen LogP contribution in [0.5, 0.6) is 0 Å². The molecule has 0 spiro atoms. The molecule has 0 saturated carbocycles. The summed E-state index contributed by atoms with van der Waals surface area (Å²) in [6, 6.07) is 0. The molecule has 0 aliphatic rings. The van der Waals surface area contributed by atoms with Crippen LogP contribution in [0, 0.1) is 0 Å². The van der Waals surface area contributed by atoms with Gasteiger partial charge in [-0.3, -0.25) is 9.59 Å². The molecule has 0 unspecified atom stereocenters. The summed E-state index contributed by atoms with van der Waals surface area (Å²) in [5.41, 5.74) is 9.88. The zero-order chi connectivity index (χ0) is 19.2. The number of hydrogen-bond acceptors (Lipinski definition) is 8. The highest BCUT2D eigenvalue weighted by atomic mass is 16.6. The molecule has 0 fully saturated rings. The molecular formula is C12H20N2O10. The molecule has 0 radical (unpaired) electrons. The van der Waals surface area contributed by atoms with Crippen LogP contribution in [0.2, 0.25) is 0 Å². The molecule has 12 heteroatoms. The van der Waals surface area contributed by atoms with Crippen molar-refractivity contribution in [1.82, 2.24) is 0 Å². The zero-order valence-corrected chi connectivity index (χ0v) is 12.9. The van der Waals surface area contributed by atoms with Crippen molar-refractivity contribution >= 4 is 23.8 Å². The molecule has 0 aromatic heterocycles. The van der Waals surface area contributed by atoms with Gasteiger partial charge in [-0.05, 0) is 13.8 Å². The van der Waals surface area contributed by atoms with E-state index in [1.54, 1.807) is 0 Å². The molecular weight excluding hydrogens is 332 g/mol. The Hall–Kier alpha value is -2.28. The van der Waals surface area contributed by atoms with Crippen LogP contribution < -0.4 is 11.5 Å². The normalized spacial score (nSPS) is 18.7. The molecule has 0 saturated heterocycles. The fraction of sp³-hybridized carbons (Fsp3) is 0.667. The van der Waals surface area contributed by atoms with Crippen LogP contribution in [-0.2, 0) is 28.7 Å². The first-order valence-electron chi connectivity index (χ1n) is 6.61. The summed E-state index contributed by atoms with van der Waals surface area (Å²) in [6.45, 7) is 2.06. The Kier molecular flexibility index (Phi) is 8.26. The van der Waals surface area contributed by atoms with E-state index in [9.17, 15) is 29.4 Å². The van der Waals surface area contributed by atoms with E-state index in [2.05, 4.69) is 0 Å². The number of ether oxygens (including phenoxy) is 2. The summed E-state index contributed by atoms with van der Waals surface area (Å²) in [5, 5.41) is 37.1. The van der Waals surface area contributed by atoms with Crippen molar-refractivity contribution in [3.05, 3.63) is 0 Å². The maximum atomic E-state index is 11.5. The first kappa shape index (κ1) is 21.7. The second kappa shape index (κ2) is 9.12. The largest absolute Gasteiger partial charge is 0.479 e. The van der Waals surface area contributed by atoms with Crippen LogP contribution in [0.25, 0.3) is 0 Å². The number of carboxylic acid groups (broad SMARTS) is 2. The molecule has 0 bridgehead atoms. The number of aliphatic hydroxyl groups excluding tert-OH is 2. The first-order chi connectivity index (χ1) is 10.9. The van der Waals surface area contributed by atoms with Crippen LogP contribution >= 0.6 is 0 Å². The predicted molar refractivity (Wildman–Crippen MR) is 74.3 cm³/mol. The van der Waals surface area contributed by atoms with Gasteiger partial charge < -0.3 is 41.4 Å². The minimum absolute atomic E-state index is 1.03. The molecule has 2 amide bonds. The monoisotopic (exact) mass is 352 g/mol. The highest BCUT2D eigenvalue weighted by molar-refractivity contribution is 5.82. The number of aliphatic carboxylic acids is 2. The lowest BCUT2D eigenvalue weighted by Gasteiger charge is -2.32. The highest BCUT2D eigenvalue weighted by Gasteiger charge is 2.42. The highest BCUT2D eigenvalue weighted by Crippen LogP contribution is 2.17. The third-order valence-corrected chi connectivity index (χ3v) is 2.94. The molecule has 0 aromatic carbocycles. The van der Waals surface area contributed by atoms with E-state index < -0.39 is 60.4 Å². The third kappa shape index (κ3) is 6.08. The number of rotatable bonds is 11. The van der Waals surface area contributed by atoms with Gasteiger partial charge in [-0.1, -0.05) is 0 Å². The van der Waals surface area contributed by atoms with Crippen molar-refractivity contribution in [3.63, 3.8) is 0 Å². The molecule has 12 nitrogen and oxygen atoms in total. The van der Waals surface area contributed by atoms with Crippen molar-refractivity contribution < 1.29 is 49.1 Å². The molecule has 138 valence electrons.